The molecule has 2 aromatic heterocycles. The molecule has 0 radical (unpaired) electrons. The van der Waals surface area contributed by atoms with Gasteiger partial charge in [-0.1, -0.05) is 0 Å². The van der Waals surface area contributed by atoms with E-state index in [2.05, 4.69) is 15.0 Å². The van der Waals surface area contributed by atoms with Crippen LogP contribution in [0, 0.1) is 0 Å². The minimum absolute atomic E-state index is 0.414. The van der Waals surface area contributed by atoms with E-state index in [1.54, 1.807) is 29.5 Å². The van der Waals surface area contributed by atoms with Crippen LogP contribution in [0.2, 0.25) is 0 Å². The maximum atomic E-state index is 5.40. The fraction of sp³-hybridized carbons (Fsp3) is 0.125. The van der Waals surface area contributed by atoms with Gasteiger partial charge >= 0.3 is 0 Å². The van der Waals surface area contributed by atoms with E-state index in [1.807, 2.05) is 6.20 Å². The highest BCUT2D eigenvalue weighted by Gasteiger charge is 1.96. The van der Waals surface area contributed by atoms with E-state index < -0.39 is 0 Å². The lowest BCUT2D eigenvalue weighted by molar-refractivity contribution is 0.913. The normalized spacial score (nSPS) is 10.2. The van der Waals surface area contributed by atoms with E-state index in [0.29, 0.717) is 6.54 Å². The van der Waals surface area contributed by atoms with Crippen LogP contribution >= 0.6 is 0 Å². The largest absolute Gasteiger partial charge is 0.325 e. The molecule has 0 saturated heterocycles. The molecule has 2 N–H and O–H groups in total. The number of imidazole rings is 1. The number of aromatic nitrogens is 4. The average Bonchev–Trinajstić information content (AvgIpc) is 2.71. The van der Waals surface area contributed by atoms with Gasteiger partial charge in [0.15, 0.2) is 5.82 Å². The molecule has 0 saturated carbocycles. The Morgan fingerprint density at radius 1 is 1.31 bits per heavy atom. The SMILES string of the molecule is NCc1cnc(-n2ccnc2)cn1. The summed E-state index contributed by atoms with van der Waals surface area (Å²) in [5, 5.41) is 0. The maximum Gasteiger partial charge on any atom is 0.156 e. The van der Waals surface area contributed by atoms with E-state index in [-0.39, 0.29) is 0 Å². The first-order valence-corrected chi connectivity index (χ1v) is 3.89. The Bertz CT molecular complexity index is 364. The van der Waals surface area contributed by atoms with Crippen molar-refractivity contribution in [1.29, 1.82) is 0 Å². The van der Waals surface area contributed by atoms with Crippen molar-refractivity contribution in [3.8, 4) is 5.82 Å². The van der Waals surface area contributed by atoms with Gasteiger partial charge in [-0.05, 0) is 0 Å². The summed E-state index contributed by atoms with van der Waals surface area (Å²) in [7, 11) is 0. The molecule has 5 nitrogen and oxygen atoms in total. The Balaban J connectivity index is 2.33. The van der Waals surface area contributed by atoms with Crippen molar-refractivity contribution in [3.63, 3.8) is 0 Å². The number of hydrogen-bond donors (Lipinski definition) is 1. The summed E-state index contributed by atoms with van der Waals surface area (Å²) in [6.45, 7) is 0.414. The van der Waals surface area contributed by atoms with Gasteiger partial charge in [-0.2, -0.15) is 0 Å². The molecule has 0 aliphatic heterocycles. The van der Waals surface area contributed by atoms with Crippen molar-refractivity contribution >= 4 is 0 Å². The Hall–Kier alpha value is -1.75. The van der Waals surface area contributed by atoms with Gasteiger partial charge in [0.2, 0.25) is 0 Å². The molecule has 2 rings (SSSR count). The molecule has 0 aromatic carbocycles. The second-order valence-electron chi connectivity index (χ2n) is 2.54. The minimum atomic E-state index is 0.414. The molecule has 0 spiro atoms. The lowest BCUT2D eigenvalue weighted by Gasteiger charge is -2.00. The Morgan fingerprint density at radius 3 is 2.77 bits per heavy atom. The van der Waals surface area contributed by atoms with Gasteiger partial charge in [0.25, 0.3) is 0 Å². The lowest BCUT2D eigenvalue weighted by atomic mass is 10.4. The molecule has 0 unspecified atom stereocenters. The first-order valence-electron chi connectivity index (χ1n) is 3.89. The number of nitrogens with zero attached hydrogens (tertiary/aromatic N) is 4. The molecule has 0 amide bonds. The Labute approximate surface area is 75.3 Å². The zero-order valence-corrected chi connectivity index (χ0v) is 6.96. The van der Waals surface area contributed by atoms with Crippen LogP contribution in [-0.4, -0.2) is 19.5 Å². The molecule has 0 fully saturated rings. The smallest absolute Gasteiger partial charge is 0.156 e. The van der Waals surface area contributed by atoms with Crippen molar-refractivity contribution in [2.45, 2.75) is 6.54 Å². The van der Waals surface area contributed by atoms with Gasteiger partial charge in [-0.25, -0.2) is 9.97 Å². The molecular weight excluding hydrogens is 166 g/mol. The van der Waals surface area contributed by atoms with E-state index in [0.717, 1.165) is 11.5 Å². The highest BCUT2D eigenvalue weighted by molar-refractivity contribution is 5.18. The van der Waals surface area contributed by atoms with Crippen molar-refractivity contribution in [1.82, 2.24) is 19.5 Å². The maximum absolute atomic E-state index is 5.40. The summed E-state index contributed by atoms with van der Waals surface area (Å²) in [5.41, 5.74) is 6.18. The van der Waals surface area contributed by atoms with Gasteiger partial charge in [0.05, 0.1) is 18.1 Å². The summed E-state index contributed by atoms with van der Waals surface area (Å²) in [6, 6.07) is 0. The second-order valence-corrected chi connectivity index (χ2v) is 2.54. The monoisotopic (exact) mass is 175 g/mol. The van der Waals surface area contributed by atoms with Crippen LogP contribution in [0.15, 0.2) is 31.1 Å². The molecule has 66 valence electrons. The molecule has 0 atom stereocenters. The van der Waals surface area contributed by atoms with Gasteiger partial charge < -0.3 is 5.73 Å². The molecule has 0 aliphatic rings. The predicted molar refractivity (Wildman–Crippen MR) is 47.0 cm³/mol. The number of hydrogen-bond acceptors (Lipinski definition) is 4. The van der Waals surface area contributed by atoms with E-state index in [1.165, 1.54) is 0 Å². The standard InChI is InChI=1S/C8H9N5/c9-3-7-4-12-8(5-11-7)13-2-1-10-6-13/h1-2,4-6H,3,9H2. The summed E-state index contributed by atoms with van der Waals surface area (Å²) in [4.78, 5) is 12.2. The number of nitrogens with two attached hydrogens (primary N) is 1. The molecule has 13 heavy (non-hydrogen) atoms. The molecular formula is C8H9N5. The van der Waals surface area contributed by atoms with Crippen LogP contribution in [0.3, 0.4) is 0 Å². The average molecular weight is 175 g/mol. The minimum Gasteiger partial charge on any atom is -0.325 e. The first-order chi connectivity index (χ1) is 6.40. The van der Waals surface area contributed by atoms with Crippen LogP contribution in [-0.2, 0) is 6.54 Å². The summed E-state index contributed by atoms with van der Waals surface area (Å²) in [5.74, 6) is 0.745. The van der Waals surface area contributed by atoms with Crippen LogP contribution in [0.5, 0.6) is 0 Å². The zero-order valence-electron chi connectivity index (χ0n) is 6.96. The summed E-state index contributed by atoms with van der Waals surface area (Å²) < 4.78 is 1.79. The van der Waals surface area contributed by atoms with Crippen LogP contribution in [0.25, 0.3) is 5.82 Å². The van der Waals surface area contributed by atoms with E-state index >= 15 is 0 Å². The molecule has 0 bridgehead atoms. The summed E-state index contributed by atoms with van der Waals surface area (Å²) >= 11 is 0. The second kappa shape index (κ2) is 3.32. The van der Waals surface area contributed by atoms with Crippen LogP contribution in [0.4, 0.5) is 0 Å². The fourth-order valence-electron chi connectivity index (χ4n) is 0.981. The van der Waals surface area contributed by atoms with Crippen LogP contribution in [0.1, 0.15) is 5.69 Å². The zero-order chi connectivity index (χ0) is 9.10. The highest BCUT2D eigenvalue weighted by atomic mass is 15.1. The van der Waals surface area contributed by atoms with Gasteiger partial charge in [0, 0.05) is 18.9 Å². The van der Waals surface area contributed by atoms with Crippen molar-refractivity contribution in [3.05, 3.63) is 36.8 Å². The van der Waals surface area contributed by atoms with E-state index in [4.69, 9.17) is 5.73 Å². The predicted octanol–water partition coefficient (Wildman–Crippen LogP) is 0.121. The fourth-order valence-corrected chi connectivity index (χ4v) is 0.981. The van der Waals surface area contributed by atoms with Gasteiger partial charge in [-0.3, -0.25) is 9.55 Å². The third kappa shape index (κ3) is 1.54. The quantitative estimate of drug-likeness (QED) is 0.703. The topological polar surface area (TPSA) is 69.6 Å². The molecule has 2 heterocycles. The Kier molecular flexibility index (Phi) is 2.01. The van der Waals surface area contributed by atoms with Crippen molar-refractivity contribution in [2.24, 2.45) is 5.73 Å². The molecule has 2 aromatic rings. The lowest BCUT2D eigenvalue weighted by Crippen LogP contribution is -2.02. The van der Waals surface area contributed by atoms with E-state index in [9.17, 15) is 0 Å². The third-order valence-corrected chi connectivity index (χ3v) is 1.67. The molecule has 5 heteroatoms. The third-order valence-electron chi connectivity index (χ3n) is 1.67. The van der Waals surface area contributed by atoms with Gasteiger partial charge in [0.1, 0.15) is 6.33 Å². The highest BCUT2D eigenvalue weighted by Crippen LogP contribution is 2.00. The van der Waals surface area contributed by atoms with Crippen molar-refractivity contribution in [2.75, 3.05) is 0 Å². The first kappa shape index (κ1) is 7.88. The molecule has 0 aliphatic carbocycles. The van der Waals surface area contributed by atoms with Crippen molar-refractivity contribution < 1.29 is 0 Å². The Morgan fingerprint density at radius 2 is 2.23 bits per heavy atom. The van der Waals surface area contributed by atoms with Crippen LogP contribution < -0.4 is 5.73 Å². The van der Waals surface area contributed by atoms with Gasteiger partial charge in [-0.15, -0.1) is 0 Å². The number of rotatable bonds is 2. The summed E-state index contributed by atoms with van der Waals surface area (Å²) in [6.07, 6.45) is 8.51.